The molecule has 32 heavy (non-hydrogen) atoms. The van der Waals surface area contributed by atoms with Gasteiger partial charge in [0.2, 0.25) is 21.8 Å². The third-order valence-corrected chi connectivity index (χ3v) is 8.68. The molecule has 1 aromatic rings. The molecule has 9 nitrogen and oxygen atoms in total. The summed E-state index contributed by atoms with van der Waals surface area (Å²) in [7, 11) is -3.66. The van der Waals surface area contributed by atoms with E-state index < -0.39 is 10.0 Å². The molecule has 0 radical (unpaired) electrons. The van der Waals surface area contributed by atoms with Gasteiger partial charge in [0.25, 0.3) is 0 Å². The van der Waals surface area contributed by atoms with Crippen LogP contribution in [0.15, 0.2) is 23.1 Å². The van der Waals surface area contributed by atoms with Gasteiger partial charge in [0.05, 0.1) is 4.90 Å². The summed E-state index contributed by atoms with van der Waals surface area (Å²) < 4.78 is 38.7. The Hall–Kier alpha value is -2.33. The van der Waals surface area contributed by atoms with E-state index in [1.165, 1.54) is 10.4 Å². The molecule has 3 aliphatic heterocycles. The number of benzene rings is 1. The highest BCUT2D eigenvalue weighted by Gasteiger charge is 2.38. The van der Waals surface area contributed by atoms with Crippen LogP contribution in [0.2, 0.25) is 0 Å². The predicted octanol–water partition coefficient (Wildman–Crippen LogP) is 0.939. The van der Waals surface area contributed by atoms with E-state index in [4.69, 9.17) is 9.47 Å². The third kappa shape index (κ3) is 4.17. The molecule has 1 saturated carbocycles. The van der Waals surface area contributed by atoms with Crippen molar-refractivity contribution >= 4 is 21.8 Å². The fourth-order valence-electron chi connectivity index (χ4n) is 4.67. The van der Waals surface area contributed by atoms with Crippen molar-refractivity contribution in [3.63, 3.8) is 0 Å². The Morgan fingerprint density at radius 3 is 1.84 bits per heavy atom. The van der Waals surface area contributed by atoms with E-state index in [0.29, 0.717) is 76.8 Å². The fourth-order valence-corrected chi connectivity index (χ4v) is 6.16. The van der Waals surface area contributed by atoms with Gasteiger partial charge in [-0.1, -0.05) is 0 Å². The molecule has 0 unspecified atom stereocenters. The molecule has 0 spiro atoms. The Morgan fingerprint density at radius 1 is 0.750 bits per heavy atom. The lowest BCUT2D eigenvalue weighted by atomic mass is 9.96. The molecular weight excluding hydrogens is 434 g/mol. The zero-order valence-electron chi connectivity index (χ0n) is 18.1. The van der Waals surface area contributed by atoms with E-state index in [1.807, 2.05) is 9.80 Å². The van der Waals surface area contributed by atoms with Gasteiger partial charge in [-0.15, -0.1) is 0 Å². The lowest BCUT2D eigenvalue weighted by Gasteiger charge is -2.38. The Kier molecular flexibility index (Phi) is 5.75. The molecule has 0 atom stereocenters. The molecule has 1 aromatic carbocycles. The van der Waals surface area contributed by atoms with Gasteiger partial charge in [0, 0.05) is 57.2 Å². The van der Waals surface area contributed by atoms with Crippen LogP contribution in [0.4, 0.5) is 0 Å². The van der Waals surface area contributed by atoms with Crippen molar-refractivity contribution in [3.05, 3.63) is 18.2 Å². The summed E-state index contributed by atoms with van der Waals surface area (Å²) in [4.78, 5) is 29.1. The van der Waals surface area contributed by atoms with Crippen molar-refractivity contribution in [2.24, 2.45) is 11.8 Å². The Bertz CT molecular complexity index is 993. The standard InChI is InChI=1S/C22H29N3O6S/c26-21(16-1-2-16)23-9-11-24(12-10-23)22(27)17-5-7-25(8-6-17)32(28,29)18-3-4-19-20(15-18)31-14-13-30-19/h3-4,15-17H,1-2,5-14H2. The SMILES string of the molecule is O=C(C1CC1)N1CCN(C(=O)C2CCN(S(=O)(=O)c3ccc4c(c3)OCCO4)CC2)CC1. The van der Waals surface area contributed by atoms with Crippen LogP contribution in [0.3, 0.4) is 0 Å². The topological polar surface area (TPSA) is 96.5 Å². The van der Waals surface area contributed by atoms with Crippen LogP contribution in [0.1, 0.15) is 25.7 Å². The number of rotatable bonds is 4. The zero-order valence-corrected chi connectivity index (χ0v) is 18.9. The molecule has 3 heterocycles. The van der Waals surface area contributed by atoms with Gasteiger partial charge in [-0.2, -0.15) is 4.31 Å². The second-order valence-electron chi connectivity index (χ2n) is 8.91. The number of carbonyl (C=O) groups excluding carboxylic acids is 2. The molecule has 2 saturated heterocycles. The summed E-state index contributed by atoms with van der Waals surface area (Å²) in [6, 6.07) is 4.69. The molecule has 10 heteroatoms. The maximum atomic E-state index is 13.1. The third-order valence-electron chi connectivity index (χ3n) is 6.78. The van der Waals surface area contributed by atoms with Gasteiger partial charge in [0.1, 0.15) is 13.2 Å². The average Bonchev–Trinajstić information content (AvgIpc) is 3.68. The normalized spacial score (nSPS) is 22.6. The van der Waals surface area contributed by atoms with Crippen LogP contribution < -0.4 is 9.47 Å². The first-order valence-electron chi connectivity index (χ1n) is 11.4. The minimum atomic E-state index is -3.66. The van der Waals surface area contributed by atoms with Crippen molar-refractivity contribution in [1.82, 2.24) is 14.1 Å². The van der Waals surface area contributed by atoms with E-state index in [9.17, 15) is 18.0 Å². The molecule has 0 N–H and O–H groups in total. The van der Waals surface area contributed by atoms with Crippen molar-refractivity contribution in [3.8, 4) is 11.5 Å². The maximum absolute atomic E-state index is 13.1. The molecule has 3 fully saturated rings. The second-order valence-corrected chi connectivity index (χ2v) is 10.8. The number of hydrogen-bond acceptors (Lipinski definition) is 6. The number of amides is 2. The molecule has 4 aliphatic rings. The zero-order chi connectivity index (χ0) is 22.3. The predicted molar refractivity (Wildman–Crippen MR) is 115 cm³/mol. The summed E-state index contributed by atoms with van der Waals surface area (Å²) in [6.07, 6.45) is 2.99. The highest BCUT2D eigenvalue weighted by atomic mass is 32.2. The quantitative estimate of drug-likeness (QED) is 0.659. The van der Waals surface area contributed by atoms with Crippen molar-refractivity contribution < 1.29 is 27.5 Å². The first-order chi connectivity index (χ1) is 15.4. The first-order valence-corrected chi connectivity index (χ1v) is 12.8. The Labute approximate surface area is 188 Å². The summed E-state index contributed by atoms with van der Waals surface area (Å²) in [5.41, 5.74) is 0. The molecular formula is C22H29N3O6S. The van der Waals surface area contributed by atoms with E-state index in [0.717, 1.165) is 12.8 Å². The van der Waals surface area contributed by atoms with E-state index >= 15 is 0 Å². The Balaban J connectivity index is 1.16. The van der Waals surface area contributed by atoms with Gasteiger partial charge >= 0.3 is 0 Å². The van der Waals surface area contributed by atoms with Crippen LogP contribution in [0, 0.1) is 11.8 Å². The molecule has 2 amide bonds. The van der Waals surface area contributed by atoms with Crippen molar-refractivity contribution in [2.75, 3.05) is 52.5 Å². The van der Waals surface area contributed by atoms with Gasteiger partial charge in [0.15, 0.2) is 11.5 Å². The number of piperazine rings is 1. The molecule has 1 aliphatic carbocycles. The first kappa shape index (κ1) is 21.5. The fraction of sp³-hybridized carbons (Fsp3) is 0.636. The minimum Gasteiger partial charge on any atom is -0.486 e. The van der Waals surface area contributed by atoms with E-state index in [-0.39, 0.29) is 28.5 Å². The number of ether oxygens (including phenoxy) is 2. The Morgan fingerprint density at radius 2 is 1.28 bits per heavy atom. The number of nitrogens with zero attached hydrogens (tertiary/aromatic N) is 3. The van der Waals surface area contributed by atoms with Crippen LogP contribution in [-0.2, 0) is 19.6 Å². The van der Waals surface area contributed by atoms with Crippen LogP contribution in [-0.4, -0.2) is 86.8 Å². The summed E-state index contributed by atoms with van der Waals surface area (Å²) in [5, 5.41) is 0. The summed E-state index contributed by atoms with van der Waals surface area (Å²) in [5.74, 6) is 1.35. The minimum absolute atomic E-state index is 0.0832. The second kappa shape index (κ2) is 8.55. The number of sulfonamides is 1. The highest BCUT2D eigenvalue weighted by molar-refractivity contribution is 7.89. The van der Waals surface area contributed by atoms with Crippen molar-refractivity contribution in [1.29, 1.82) is 0 Å². The van der Waals surface area contributed by atoms with Crippen LogP contribution in [0.5, 0.6) is 11.5 Å². The number of hydrogen-bond donors (Lipinski definition) is 0. The van der Waals surface area contributed by atoms with Crippen LogP contribution in [0.25, 0.3) is 0 Å². The van der Waals surface area contributed by atoms with Gasteiger partial charge in [-0.3, -0.25) is 9.59 Å². The molecule has 5 rings (SSSR count). The van der Waals surface area contributed by atoms with Crippen molar-refractivity contribution in [2.45, 2.75) is 30.6 Å². The monoisotopic (exact) mass is 463 g/mol. The van der Waals surface area contributed by atoms with E-state index in [1.54, 1.807) is 12.1 Å². The van der Waals surface area contributed by atoms with Gasteiger partial charge in [-0.25, -0.2) is 8.42 Å². The number of piperidine rings is 1. The lowest BCUT2D eigenvalue weighted by molar-refractivity contribution is -0.143. The highest BCUT2D eigenvalue weighted by Crippen LogP contribution is 2.34. The van der Waals surface area contributed by atoms with Gasteiger partial charge < -0.3 is 19.3 Å². The lowest BCUT2D eigenvalue weighted by Crippen LogP contribution is -2.53. The number of carbonyl (C=O) groups is 2. The summed E-state index contributed by atoms with van der Waals surface area (Å²) in [6.45, 7) is 3.79. The maximum Gasteiger partial charge on any atom is 0.243 e. The smallest absolute Gasteiger partial charge is 0.243 e. The molecule has 0 bridgehead atoms. The van der Waals surface area contributed by atoms with Gasteiger partial charge in [-0.05, 0) is 37.8 Å². The number of fused-ring (bicyclic) bond motifs is 1. The largest absolute Gasteiger partial charge is 0.486 e. The van der Waals surface area contributed by atoms with Crippen LogP contribution >= 0.6 is 0 Å². The average molecular weight is 464 g/mol. The van der Waals surface area contributed by atoms with E-state index in [2.05, 4.69) is 0 Å². The molecule has 0 aromatic heterocycles. The molecule has 174 valence electrons. The summed E-state index contributed by atoms with van der Waals surface area (Å²) >= 11 is 0.